The minimum Gasteiger partial charge on any atom is -0.269 e. The van der Waals surface area contributed by atoms with Crippen molar-refractivity contribution in [3.8, 4) is 0 Å². The number of halogens is 1. The smallest absolute Gasteiger partial charge is 0.165 e. The second-order valence-corrected chi connectivity index (χ2v) is 4.93. The Morgan fingerprint density at radius 3 is 2.89 bits per heavy atom. The molecule has 0 bridgehead atoms. The standard InChI is InChI=1S/C14H13ClN4/c1-10-3-2-4-11(7-10)5-6-13-17-18-14-8-12(15)16-9-19(13)14/h2-4,7-9H,5-6H2,1H3. The Morgan fingerprint density at radius 1 is 1.16 bits per heavy atom. The van der Waals surface area contributed by atoms with E-state index >= 15 is 0 Å². The first kappa shape index (κ1) is 12.1. The number of benzene rings is 1. The summed E-state index contributed by atoms with van der Waals surface area (Å²) in [6.45, 7) is 2.10. The summed E-state index contributed by atoms with van der Waals surface area (Å²) in [5, 5.41) is 8.72. The van der Waals surface area contributed by atoms with E-state index in [-0.39, 0.29) is 0 Å². The van der Waals surface area contributed by atoms with Gasteiger partial charge in [-0.25, -0.2) is 4.98 Å². The molecule has 0 saturated carbocycles. The highest BCUT2D eigenvalue weighted by Gasteiger charge is 2.06. The van der Waals surface area contributed by atoms with E-state index < -0.39 is 0 Å². The van der Waals surface area contributed by atoms with Gasteiger partial charge in [0.1, 0.15) is 17.3 Å². The van der Waals surface area contributed by atoms with Crippen LogP contribution in [0.2, 0.25) is 5.15 Å². The Labute approximate surface area is 116 Å². The molecule has 4 nitrogen and oxygen atoms in total. The molecule has 1 aromatic carbocycles. The van der Waals surface area contributed by atoms with E-state index in [9.17, 15) is 0 Å². The van der Waals surface area contributed by atoms with E-state index in [0.717, 1.165) is 24.3 Å². The fourth-order valence-corrected chi connectivity index (χ4v) is 2.25. The van der Waals surface area contributed by atoms with Crippen molar-refractivity contribution in [3.63, 3.8) is 0 Å². The third-order valence-electron chi connectivity index (χ3n) is 3.06. The predicted octanol–water partition coefficient (Wildman–Crippen LogP) is 2.87. The Morgan fingerprint density at radius 2 is 2.05 bits per heavy atom. The van der Waals surface area contributed by atoms with E-state index in [4.69, 9.17) is 11.6 Å². The molecular formula is C14H13ClN4. The Kier molecular flexibility index (Phi) is 3.17. The van der Waals surface area contributed by atoms with Crippen LogP contribution in [0.1, 0.15) is 17.0 Å². The van der Waals surface area contributed by atoms with Gasteiger partial charge in [0.25, 0.3) is 0 Å². The molecule has 96 valence electrons. The normalized spacial score (nSPS) is 11.1. The molecule has 0 N–H and O–H groups in total. The molecule has 0 saturated heterocycles. The van der Waals surface area contributed by atoms with Crippen molar-refractivity contribution in [2.75, 3.05) is 0 Å². The molecule has 0 amide bonds. The van der Waals surface area contributed by atoms with Crippen LogP contribution in [-0.4, -0.2) is 19.6 Å². The van der Waals surface area contributed by atoms with Crippen LogP contribution in [0.15, 0.2) is 36.7 Å². The van der Waals surface area contributed by atoms with E-state index in [2.05, 4.69) is 46.4 Å². The van der Waals surface area contributed by atoms with Gasteiger partial charge in [-0.1, -0.05) is 41.4 Å². The summed E-state index contributed by atoms with van der Waals surface area (Å²) < 4.78 is 1.88. The number of aromatic nitrogens is 4. The van der Waals surface area contributed by atoms with Gasteiger partial charge in [-0.15, -0.1) is 10.2 Å². The lowest BCUT2D eigenvalue weighted by molar-refractivity contribution is 0.831. The molecule has 2 heterocycles. The van der Waals surface area contributed by atoms with Gasteiger partial charge in [-0.3, -0.25) is 4.40 Å². The molecule has 0 fully saturated rings. The lowest BCUT2D eigenvalue weighted by Gasteiger charge is -2.02. The van der Waals surface area contributed by atoms with Gasteiger partial charge in [-0.2, -0.15) is 0 Å². The molecule has 19 heavy (non-hydrogen) atoms. The van der Waals surface area contributed by atoms with Crippen LogP contribution in [0.4, 0.5) is 0 Å². The second-order valence-electron chi connectivity index (χ2n) is 4.55. The SMILES string of the molecule is Cc1cccc(CCc2nnc3cc(Cl)ncn23)c1. The van der Waals surface area contributed by atoms with E-state index in [1.54, 1.807) is 12.4 Å². The van der Waals surface area contributed by atoms with Crippen molar-refractivity contribution >= 4 is 17.2 Å². The highest BCUT2D eigenvalue weighted by Crippen LogP contribution is 2.11. The van der Waals surface area contributed by atoms with Crippen molar-refractivity contribution in [1.29, 1.82) is 0 Å². The summed E-state index contributed by atoms with van der Waals surface area (Å²) in [6.07, 6.45) is 3.43. The third kappa shape index (κ3) is 2.58. The fraction of sp³-hybridized carbons (Fsp3) is 0.214. The topological polar surface area (TPSA) is 43.1 Å². The number of nitrogens with zero attached hydrogens (tertiary/aromatic N) is 4. The molecule has 0 spiro atoms. The minimum atomic E-state index is 0.435. The first-order valence-electron chi connectivity index (χ1n) is 6.13. The van der Waals surface area contributed by atoms with Crippen molar-refractivity contribution in [1.82, 2.24) is 19.6 Å². The third-order valence-corrected chi connectivity index (χ3v) is 3.26. The van der Waals surface area contributed by atoms with Gasteiger partial charge in [0, 0.05) is 12.5 Å². The van der Waals surface area contributed by atoms with Crippen molar-refractivity contribution in [2.24, 2.45) is 0 Å². The van der Waals surface area contributed by atoms with Crippen LogP contribution in [0, 0.1) is 6.92 Å². The summed E-state index contributed by atoms with van der Waals surface area (Å²) in [5.41, 5.74) is 3.31. The maximum absolute atomic E-state index is 5.83. The Bertz CT molecular complexity index is 720. The number of hydrogen-bond acceptors (Lipinski definition) is 3. The van der Waals surface area contributed by atoms with Gasteiger partial charge >= 0.3 is 0 Å². The van der Waals surface area contributed by atoms with Gasteiger partial charge in [0.05, 0.1) is 0 Å². The van der Waals surface area contributed by atoms with Gasteiger partial charge in [0.2, 0.25) is 0 Å². The largest absolute Gasteiger partial charge is 0.269 e. The van der Waals surface area contributed by atoms with Gasteiger partial charge in [-0.05, 0) is 18.9 Å². The lowest BCUT2D eigenvalue weighted by Crippen LogP contribution is -1.99. The minimum absolute atomic E-state index is 0.435. The molecule has 0 unspecified atom stereocenters. The molecule has 3 aromatic rings. The maximum Gasteiger partial charge on any atom is 0.165 e. The average molecular weight is 273 g/mol. The number of aryl methyl sites for hydroxylation is 3. The molecule has 0 aliphatic heterocycles. The first-order chi connectivity index (χ1) is 9.22. The molecule has 0 radical (unpaired) electrons. The van der Waals surface area contributed by atoms with Crippen molar-refractivity contribution < 1.29 is 0 Å². The molecule has 3 rings (SSSR count). The zero-order valence-corrected chi connectivity index (χ0v) is 11.3. The van der Waals surface area contributed by atoms with E-state index in [0.29, 0.717) is 5.15 Å². The zero-order chi connectivity index (χ0) is 13.2. The molecule has 0 aliphatic rings. The first-order valence-corrected chi connectivity index (χ1v) is 6.51. The molecule has 0 aliphatic carbocycles. The number of hydrogen-bond donors (Lipinski definition) is 0. The second kappa shape index (κ2) is 4.97. The van der Waals surface area contributed by atoms with E-state index in [1.165, 1.54) is 11.1 Å². The maximum atomic E-state index is 5.83. The molecular weight excluding hydrogens is 260 g/mol. The molecule has 2 aromatic heterocycles. The lowest BCUT2D eigenvalue weighted by atomic mass is 10.1. The Balaban J connectivity index is 1.82. The van der Waals surface area contributed by atoms with Gasteiger partial charge in [0.15, 0.2) is 5.65 Å². The molecule has 0 atom stereocenters. The Hall–Kier alpha value is -1.94. The van der Waals surface area contributed by atoms with Crippen LogP contribution in [0.5, 0.6) is 0 Å². The highest BCUT2D eigenvalue weighted by atomic mass is 35.5. The summed E-state index contributed by atoms with van der Waals surface area (Å²) in [7, 11) is 0. The molecule has 5 heteroatoms. The number of rotatable bonds is 3. The zero-order valence-electron chi connectivity index (χ0n) is 10.5. The van der Waals surface area contributed by atoms with Crippen LogP contribution >= 0.6 is 11.6 Å². The van der Waals surface area contributed by atoms with Crippen LogP contribution in [-0.2, 0) is 12.8 Å². The summed E-state index contributed by atoms with van der Waals surface area (Å²) in [5.74, 6) is 0.903. The highest BCUT2D eigenvalue weighted by molar-refractivity contribution is 6.29. The summed E-state index contributed by atoms with van der Waals surface area (Å²) in [6, 6.07) is 10.2. The monoisotopic (exact) mass is 272 g/mol. The average Bonchev–Trinajstić information content (AvgIpc) is 2.78. The van der Waals surface area contributed by atoms with Crippen molar-refractivity contribution in [3.05, 3.63) is 58.8 Å². The van der Waals surface area contributed by atoms with Crippen molar-refractivity contribution in [2.45, 2.75) is 19.8 Å². The summed E-state index contributed by atoms with van der Waals surface area (Å²) >= 11 is 5.83. The number of fused-ring (bicyclic) bond motifs is 1. The van der Waals surface area contributed by atoms with E-state index in [1.807, 2.05) is 4.40 Å². The van der Waals surface area contributed by atoms with Crippen LogP contribution in [0.3, 0.4) is 0 Å². The summed E-state index contributed by atoms with van der Waals surface area (Å²) in [4.78, 5) is 4.06. The van der Waals surface area contributed by atoms with Crippen LogP contribution < -0.4 is 0 Å². The fourth-order valence-electron chi connectivity index (χ4n) is 2.11. The van der Waals surface area contributed by atoms with Gasteiger partial charge < -0.3 is 0 Å². The predicted molar refractivity (Wildman–Crippen MR) is 74.4 cm³/mol. The quantitative estimate of drug-likeness (QED) is 0.689. The van der Waals surface area contributed by atoms with Crippen LogP contribution in [0.25, 0.3) is 5.65 Å².